The summed E-state index contributed by atoms with van der Waals surface area (Å²) in [5, 5.41) is 0. The molecule has 1 aromatic heterocycles. The van der Waals surface area contributed by atoms with Gasteiger partial charge in [0.2, 0.25) is 0 Å². The van der Waals surface area contributed by atoms with E-state index < -0.39 is 0 Å². The van der Waals surface area contributed by atoms with Gasteiger partial charge in [-0.05, 0) is 48.2 Å². The van der Waals surface area contributed by atoms with Crippen LogP contribution in [0.25, 0.3) is 12.2 Å². The van der Waals surface area contributed by atoms with E-state index in [4.69, 9.17) is 4.74 Å². The Bertz CT molecular complexity index is 613. The first-order valence-corrected chi connectivity index (χ1v) is 6.71. The third-order valence-electron chi connectivity index (χ3n) is 3.18. The first-order chi connectivity index (χ1) is 9.81. The topological polar surface area (TPSA) is 39.2 Å². The van der Waals surface area contributed by atoms with Gasteiger partial charge in [-0.15, -0.1) is 0 Å². The van der Waals surface area contributed by atoms with Crippen LogP contribution in [0.4, 0.5) is 0 Å². The van der Waals surface area contributed by atoms with Crippen molar-refractivity contribution in [2.75, 3.05) is 0 Å². The van der Waals surface area contributed by atoms with Crippen molar-refractivity contribution in [2.45, 2.75) is 12.8 Å². The molecule has 3 heteroatoms. The molecule has 3 nitrogen and oxygen atoms in total. The molecule has 0 bridgehead atoms. The molecule has 0 N–H and O–H groups in total. The molecular formula is C17H15NO2. The van der Waals surface area contributed by atoms with E-state index in [1.54, 1.807) is 12.4 Å². The van der Waals surface area contributed by atoms with Crippen LogP contribution in [0.2, 0.25) is 0 Å². The monoisotopic (exact) mass is 265 g/mol. The number of benzene rings is 1. The third-order valence-corrected chi connectivity index (χ3v) is 3.18. The Balaban J connectivity index is 1.63. The third kappa shape index (κ3) is 3.32. The van der Waals surface area contributed by atoms with Gasteiger partial charge in [0.1, 0.15) is 5.75 Å². The Morgan fingerprint density at radius 1 is 1.00 bits per heavy atom. The normalized spacial score (nSPS) is 14.4. The number of carbonyl (C=O) groups excluding carboxylic acids is 1. The Labute approximate surface area is 117 Å². The summed E-state index contributed by atoms with van der Waals surface area (Å²) in [7, 11) is 0. The summed E-state index contributed by atoms with van der Waals surface area (Å²) in [4.78, 5) is 15.5. The molecule has 1 saturated carbocycles. The van der Waals surface area contributed by atoms with E-state index in [-0.39, 0.29) is 11.9 Å². The van der Waals surface area contributed by atoms with Crippen molar-refractivity contribution < 1.29 is 9.53 Å². The highest BCUT2D eigenvalue weighted by atomic mass is 16.5. The smallest absolute Gasteiger partial charge is 0.314 e. The zero-order chi connectivity index (χ0) is 13.8. The van der Waals surface area contributed by atoms with Crippen LogP contribution in [-0.4, -0.2) is 11.0 Å². The zero-order valence-corrected chi connectivity index (χ0v) is 11.0. The van der Waals surface area contributed by atoms with Crippen LogP contribution in [0.15, 0.2) is 48.8 Å². The van der Waals surface area contributed by atoms with Gasteiger partial charge >= 0.3 is 5.97 Å². The van der Waals surface area contributed by atoms with Gasteiger partial charge in [0.15, 0.2) is 0 Å². The summed E-state index contributed by atoms with van der Waals surface area (Å²) in [6.45, 7) is 0. The van der Waals surface area contributed by atoms with E-state index in [1.807, 2.05) is 48.6 Å². The fraction of sp³-hybridized carbons (Fsp3) is 0.176. The molecule has 2 aromatic rings. The van der Waals surface area contributed by atoms with Crippen molar-refractivity contribution >= 4 is 18.1 Å². The lowest BCUT2D eigenvalue weighted by molar-refractivity contribution is -0.135. The molecule has 0 amide bonds. The van der Waals surface area contributed by atoms with Gasteiger partial charge in [-0.3, -0.25) is 9.78 Å². The Hall–Kier alpha value is -2.42. The summed E-state index contributed by atoms with van der Waals surface area (Å²) in [5.74, 6) is 0.634. The van der Waals surface area contributed by atoms with Gasteiger partial charge in [-0.25, -0.2) is 0 Å². The highest BCUT2D eigenvalue weighted by molar-refractivity contribution is 5.77. The molecular weight excluding hydrogens is 250 g/mol. The molecule has 0 spiro atoms. The van der Waals surface area contributed by atoms with Crippen molar-refractivity contribution in [1.82, 2.24) is 4.98 Å². The van der Waals surface area contributed by atoms with Crippen LogP contribution in [0.5, 0.6) is 5.75 Å². The van der Waals surface area contributed by atoms with Crippen molar-refractivity contribution in [3.8, 4) is 5.75 Å². The number of nitrogens with zero attached hydrogens (tertiary/aromatic N) is 1. The predicted octanol–water partition coefficient (Wildman–Crippen LogP) is 3.57. The SMILES string of the molecule is O=C(Oc1ccc(C=Cc2ccncc2)cc1)C1CC1. The molecule has 3 rings (SSSR count). The first-order valence-electron chi connectivity index (χ1n) is 6.71. The summed E-state index contributed by atoms with van der Waals surface area (Å²) in [6, 6.07) is 11.4. The lowest BCUT2D eigenvalue weighted by atomic mass is 10.1. The van der Waals surface area contributed by atoms with Crippen LogP contribution in [0.1, 0.15) is 24.0 Å². The molecule has 0 aliphatic heterocycles. The minimum Gasteiger partial charge on any atom is -0.426 e. The number of esters is 1. The van der Waals surface area contributed by atoms with Gasteiger partial charge in [-0.1, -0.05) is 24.3 Å². The number of hydrogen-bond donors (Lipinski definition) is 0. The second-order valence-electron chi connectivity index (χ2n) is 4.88. The number of carbonyl (C=O) groups is 1. The van der Waals surface area contributed by atoms with Crippen LogP contribution in [-0.2, 0) is 4.79 Å². The van der Waals surface area contributed by atoms with Gasteiger partial charge in [0.25, 0.3) is 0 Å². The van der Waals surface area contributed by atoms with Crippen molar-refractivity contribution in [1.29, 1.82) is 0 Å². The van der Waals surface area contributed by atoms with Gasteiger partial charge < -0.3 is 4.74 Å². The molecule has 1 aromatic carbocycles. The highest BCUT2D eigenvalue weighted by Gasteiger charge is 2.31. The molecule has 0 radical (unpaired) electrons. The number of hydrogen-bond acceptors (Lipinski definition) is 3. The molecule has 100 valence electrons. The van der Waals surface area contributed by atoms with E-state index in [0.29, 0.717) is 5.75 Å². The van der Waals surface area contributed by atoms with E-state index in [2.05, 4.69) is 4.98 Å². The molecule has 1 aliphatic rings. The van der Waals surface area contributed by atoms with Crippen molar-refractivity contribution in [3.63, 3.8) is 0 Å². The summed E-state index contributed by atoms with van der Waals surface area (Å²) < 4.78 is 5.28. The van der Waals surface area contributed by atoms with Crippen LogP contribution >= 0.6 is 0 Å². The number of aromatic nitrogens is 1. The number of ether oxygens (including phenoxy) is 1. The zero-order valence-electron chi connectivity index (χ0n) is 11.0. The maximum atomic E-state index is 11.5. The van der Waals surface area contributed by atoms with E-state index in [1.165, 1.54) is 0 Å². The minimum atomic E-state index is -0.106. The molecule has 0 saturated heterocycles. The molecule has 20 heavy (non-hydrogen) atoms. The highest BCUT2D eigenvalue weighted by Crippen LogP contribution is 2.30. The van der Waals surface area contributed by atoms with Crippen molar-refractivity contribution in [3.05, 3.63) is 59.9 Å². The molecule has 1 fully saturated rings. The molecule has 1 aliphatic carbocycles. The Morgan fingerprint density at radius 2 is 1.60 bits per heavy atom. The average molecular weight is 265 g/mol. The maximum Gasteiger partial charge on any atom is 0.314 e. The second-order valence-corrected chi connectivity index (χ2v) is 4.88. The predicted molar refractivity (Wildman–Crippen MR) is 78.0 cm³/mol. The van der Waals surface area contributed by atoms with E-state index >= 15 is 0 Å². The first kappa shape index (κ1) is 12.6. The van der Waals surface area contributed by atoms with Crippen LogP contribution < -0.4 is 4.74 Å². The van der Waals surface area contributed by atoms with Crippen LogP contribution in [0.3, 0.4) is 0 Å². The number of rotatable bonds is 4. The van der Waals surface area contributed by atoms with Gasteiger partial charge in [-0.2, -0.15) is 0 Å². The molecule has 1 heterocycles. The summed E-state index contributed by atoms with van der Waals surface area (Å²) >= 11 is 0. The lowest BCUT2D eigenvalue weighted by Crippen LogP contribution is -2.09. The molecule has 0 unspecified atom stereocenters. The second kappa shape index (κ2) is 5.70. The largest absolute Gasteiger partial charge is 0.426 e. The fourth-order valence-corrected chi connectivity index (χ4v) is 1.83. The molecule has 0 atom stereocenters. The van der Waals surface area contributed by atoms with Gasteiger partial charge in [0, 0.05) is 12.4 Å². The van der Waals surface area contributed by atoms with E-state index in [9.17, 15) is 4.79 Å². The maximum absolute atomic E-state index is 11.5. The standard InChI is InChI=1S/C17H15NO2/c19-17(15-5-6-15)20-16-7-3-13(4-8-16)1-2-14-9-11-18-12-10-14/h1-4,7-12,15H,5-6H2. The average Bonchev–Trinajstić information content (AvgIpc) is 3.32. The Kier molecular flexibility index (Phi) is 3.59. The minimum absolute atomic E-state index is 0.106. The lowest BCUT2D eigenvalue weighted by Gasteiger charge is -2.03. The summed E-state index contributed by atoms with van der Waals surface area (Å²) in [6.07, 6.45) is 9.49. The fourth-order valence-electron chi connectivity index (χ4n) is 1.83. The van der Waals surface area contributed by atoms with Gasteiger partial charge in [0.05, 0.1) is 5.92 Å². The van der Waals surface area contributed by atoms with E-state index in [0.717, 1.165) is 24.0 Å². The Morgan fingerprint density at radius 3 is 2.20 bits per heavy atom. The quantitative estimate of drug-likeness (QED) is 0.626. The van der Waals surface area contributed by atoms with Crippen LogP contribution in [0, 0.1) is 5.92 Å². The van der Waals surface area contributed by atoms with Crippen molar-refractivity contribution in [2.24, 2.45) is 5.92 Å². The number of pyridine rings is 1. The summed E-state index contributed by atoms with van der Waals surface area (Å²) in [5.41, 5.74) is 2.16.